The first-order chi connectivity index (χ1) is 11.0. The van der Waals surface area contributed by atoms with Gasteiger partial charge in [-0.25, -0.2) is 4.39 Å². The SMILES string of the molecule is O=C(c1cc(F)cc(Br)c1)N1CCN(c2ccc(Cl)cc2)CC1. The molecule has 0 N–H and O–H groups in total. The number of hydrogen-bond acceptors (Lipinski definition) is 2. The van der Waals surface area contributed by atoms with Gasteiger partial charge in [0.15, 0.2) is 0 Å². The molecule has 23 heavy (non-hydrogen) atoms. The van der Waals surface area contributed by atoms with Crippen LogP contribution in [0, 0.1) is 5.82 Å². The molecular weight excluding hydrogens is 383 g/mol. The number of piperazine rings is 1. The fraction of sp³-hybridized carbons (Fsp3) is 0.235. The lowest BCUT2D eigenvalue weighted by atomic mass is 10.1. The van der Waals surface area contributed by atoms with Crippen molar-refractivity contribution in [2.75, 3.05) is 31.1 Å². The number of halogens is 3. The summed E-state index contributed by atoms with van der Waals surface area (Å²) in [4.78, 5) is 16.5. The Morgan fingerprint density at radius 1 is 1.04 bits per heavy atom. The van der Waals surface area contributed by atoms with E-state index >= 15 is 0 Å². The molecule has 1 aliphatic heterocycles. The normalized spacial score (nSPS) is 14.9. The molecule has 2 aromatic carbocycles. The molecule has 0 bridgehead atoms. The van der Waals surface area contributed by atoms with Crippen molar-refractivity contribution in [1.82, 2.24) is 4.90 Å². The summed E-state index contributed by atoms with van der Waals surface area (Å²) < 4.78 is 14.0. The van der Waals surface area contributed by atoms with Crippen LogP contribution in [-0.2, 0) is 0 Å². The van der Waals surface area contributed by atoms with E-state index in [0.717, 1.165) is 18.8 Å². The third-order valence-corrected chi connectivity index (χ3v) is 4.58. The second-order valence-corrected chi connectivity index (χ2v) is 6.77. The number of hydrogen-bond donors (Lipinski definition) is 0. The number of rotatable bonds is 2. The zero-order chi connectivity index (χ0) is 16.4. The Balaban J connectivity index is 1.66. The molecule has 3 nitrogen and oxygen atoms in total. The summed E-state index contributed by atoms with van der Waals surface area (Å²) >= 11 is 9.12. The summed E-state index contributed by atoms with van der Waals surface area (Å²) in [6.07, 6.45) is 0. The maximum atomic E-state index is 13.5. The van der Waals surface area contributed by atoms with Crippen molar-refractivity contribution in [2.45, 2.75) is 0 Å². The van der Waals surface area contributed by atoms with Crippen molar-refractivity contribution in [3.8, 4) is 0 Å². The minimum Gasteiger partial charge on any atom is -0.368 e. The van der Waals surface area contributed by atoms with Gasteiger partial charge in [-0.15, -0.1) is 0 Å². The van der Waals surface area contributed by atoms with Crippen LogP contribution in [0.2, 0.25) is 5.02 Å². The molecular formula is C17H15BrClFN2O. The van der Waals surface area contributed by atoms with E-state index in [0.29, 0.717) is 28.1 Å². The smallest absolute Gasteiger partial charge is 0.254 e. The zero-order valence-corrected chi connectivity index (χ0v) is 14.6. The van der Waals surface area contributed by atoms with Gasteiger partial charge in [0.2, 0.25) is 0 Å². The Bertz CT molecular complexity index is 695. The maximum absolute atomic E-state index is 13.5. The third-order valence-electron chi connectivity index (χ3n) is 3.87. The molecule has 1 heterocycles. The molecule has 2 aromatic rings. The standard InChI is InChI=1S/C17H15BrClFN2O/c18-13-9-12(10-15(20)11-13)17(23)22-7-5-21(6-8-22)16-3-1-14(19)2-4-16/h1-4,9-11H,5-8H2. The number of nitrogens with zero attached hydrogens (tertiary/aromatic N) is 2. The first kappa shape index (κ1) is 16.3. The number of carbonyl (C=O) groups excluding carboxylic acids is 1. The Labute approximate surface area is 147 Å². The Morgan fingerprint density at radius 2 is 1.70 bits per heavy atom. The lowest BCUT2D eigenvalue weighted by molar-refractivity contribution is 0.0746. The first-order valence-corrected chi connectivity index (χ1v) is 8.46. The van der Waals surface area contributed by atoms with Crippen LogP contribution in [0.1, 0.15) is 10.4 Å². The fourth-order valence-electron chi connectivity index (χ4n) is 2.68. The highest BCUT2D eigenvalue weighted by Crippen LogP contribution is 2.21. The molecule has 0 spiro atoms. The van der Waals surface area contributed by atoms with Gasteiger partial charge >= 0.3 is 0 Å². The van der Waals surface area contributed by atoms with Gasteiger partial charge in [-0.05, 0) is 42.5 Å². The summed E-state index contributed by atoms with van der Waals surface area (Å²) in [5.74, 6) is -0.552. The molecule has 0 atom stereocenters. The number of anilines is 1. The summed E-state index contributed by atoms with van der Waals surface area (Å²) in [5.41, 5.74) is 1.46. The van der Waals surface area contributed by atoms with E-state index in [1.807, 2.05) is 24.3 Å². The Hall–Kier alpha value is -1.59. The van der Waals surface area contributed by atoms with Gasteiger partial charge in [-0.1, -0.05) is 27.5 Å². The van der Waals surface area contributed by atoms with Crippen LogP contribution < -0.4 is 4.90 Å². The van der Waals surface area contributed by atoms with E-state index in [-0.39, 0.29) is 5.91 Å². The summed E-state index contributed by atoms with van der Waals surface area (Å²) in [7, 11) is 0. The van der Waals surface area contributed by atoms with Crippen LogP contribution in [0.5, 0.6) is 0 Å². The number of amides is 1. The van der Waals surface area contributed by atoms with E-state index in [1.165, 1.54) is 12.1 Å². The van der Waals surface area contributed by atoms with Gasteiger partial charge in [0.05, 0.1) is 0 Å². The van der Waals surface area contributed by atoms with Crippen LogP contribution in [-0.4, -0.2) is 37.0 Å². The fourth-order valence-corrected chi connectivity index (χ4v) is 3.27. The van der Waals surface area contributed by atoms with E-state index in [2.05, 4.69) is 20.8 Å². The van der Waals surface area contributed by atoms with Crippen molar-refractivity contribution >= 4 is 39.1 Å². The number of carbonyl (C=O) groups is 1. The van der Waals surface area contributed by atoms with Gasteiger partial charge in [0.1, 0.15) is 5.82 Å². The van der Waals surface area contributed by atoms with Crippen molar-refractivity contribution in [3.05, 3.63) is 63.3 Å². The summed E-state index contributed by atoms with van der Waals surface area (Å²) in [6.45, 7) is 2.69. The zero-order valence-electron chi connectivity index (χ0n) is 12.3. The van der Waals surface area contributed by atoms with E-state index in [9.17, 15) is 9.18 Å². The monoisotopic (exact) mass is 396 g/mol. The van der Waals surface area contributed by atoms with Crippen LogP contribution in [0.4, 0.5) is 10.1 Å². The second-order valence-electron chi connectivity index (χ2n) is 5.41. The van der Waals surface area contributed by atoms with Crippen molar-refractivity contribution in [3.63, 3.8) is 0 Å². The van der Waals surface area contributed by atoms with Crippen molar-refractivity contribution in [2.24, 2.45) is 0 Å². The number of benzene rings is 2. The minimum atomic E-state index is -0.414. The molecule has 3 rings (SSSR count). The van der Waals surface area contributed by atoms with Gasteiger partial charge in [-0.3, -0.25) is 4.79 Å². The van der Waals surface area contributed by atoms with E-state index < -0.39 is 5.82 Å². The largest absolute Gasteiger partial charge is 0.368 e. The average molecular weight is 398 g/mol. The minimum absolute atomic E-state index is 0.138. The molecule has 0 saturated carbocycles. The maximum Gasteiger partial charge on any atom is 0.254 e. The highest BCUT2D eigenvalue weighted by molar-refractivity contribution is 9.10. The summed E-state index contributed by atoms with van der Waals surface area (Å²) in [5, 5.41) is 0.708. The van der Waals surface area contributed by atoms with Crippen molar-refractivity contribution < 1.29 is 9.18 Å². The first-order valence-electron chi connectivity index (χ1n) is 7.29. The predicted molar refractivity (Wildman–Crippen MR) is 93.7 cm³/mol. The van der Waals surface area contributed by atoms with Gasteiger partial charge in [0, 0.05) is 46.9 Å². The van der Waals surface area contributed by atoms with Gasteiger partial charge < -0.3 is 9.80 Å². The molecule has 0 radical (unpaired) electrons. The topological polar surface area (TPSA) is 23.6 Å². The molecule has 1 saturated heterocycles. The van der Waals surface area contributed by atoms with Gasteiger partial charge in [0.25, 0.3) is 5.91 Å². The van der Waals surface area contributed by atoms with Crippen molar-refractivity contribution in [1.29, 1.82) is 0 Å². The molecule has 6 heteroatoms. The molecule has 0 aromatic heterocycles. The van der Waals surface area contributed by atoms with Crippen LogP contribution in [0.25, 0.3) is 0 Å². The van der Waals surface area contributed by atoms with E-state index in [1.54, 1.807) is 11.0 Å². The molecule has 1 aliphatic rings. The summed E-state index contributed by atoms with van der Waals surface area (Å²) in [6, 6.07) is 11.9. The third kappa shape index (κ3) is 3.85. The quantitative estimate of drug-likeness (QED) is 0.758. The van der Waals surface area contributed by atoms with E-state index in [4.69, 9.17) is 11.6 Å². The van der Waals surface area contributed by atoms with Crippen LogP contribution in [0.3, 0.4) is 0 Å². The van der Waals surface area contributed by atoms with Gasteiger partial charge in [-0.2, -0.15) is 0 Å². The Kier molecular flexibility index (Phi) is 4.87. The second kappa shape index (κ2) is 6.89. The highest BCUT2D eigenvalue weighted by Gasteiger charge is 2.22. The lowest BCUT2D eigenvalue weighted by Crippen LogP contribution is -2.48. The average Bonchev–Trinajstić information content (AvgIpc) is 2.54. The molecule has 0 unspecified atom stereocenters. The molecule has 1 amide bonds. The molecule has 0 aliphatic carbocycles. The predicted octanol–water partition coefficient (Wildman–Crippen LogP) is 4.20. The molecule has 1 fully saturated rings. The van der Waals surface area contributed by atoms with Crippen LogP contribution >= 0.6 is 27.5 Å². The lowest BCUT2D eigenvalue weighted by Gasteiger charge is -2.36. The van der Waals surface area contributed by atoms with Crippen LogP contribution in [0.15, 0.2) is 46.9 Å². The molecule has 120 valence electrons. The Morgan fingerprint density at radius 3 is 2.30 bits per heavy atom. The highest BCUT2D eigenvalue weighted by atomic mass is 79.9.